The van der Waals surface area contributed by atoms with Crippen LogP contribution in [-0.4, -0.2) is 6.67 Å². The normalized spacial score (nSPS) is 14.1. The summed E-state index contributed by atoms with van der Waals surface area (Å²) in [6.45, 7) is 4.24. The van der Waals surface area contributed by atoms with E-state index in [-0.39, 0.29) is 6.67 Å². The zero-order valence-corrected chi connectivity index (χ0v) is 7.65. The van der Waals surface area contributed by atoms with Crippen LogP contribution in [0.2, 0.25) is 0 Å². The van der Waals surface area contributed by atoms with Crippen molar-refractivity contribution in [3.8, 4) is 0 Å². The molecule has 0 aliphatic rings. The molecule has 0 aliphatic heterocycles. The molecule has 1 heteroatoms. The van der Waals surface area contributed by atoms with E-state index in [1.54, 1.807) is 0 Å². The van der Waals surface area contributed by atoms with Gasteiger partial charge in [-0.1, -0.05) is 32.4 Å². The second kappa shape index (κ2) is 7.77. The zero-order valence-electron chi connectivity index (χ0n) is 7.65. The van der Waals surface area contributed by atoms with Gasteiger partial charge in [-0.3, -0.25) is 4.39 Å². The Balaban J connectivity index is 3.15. The molecule has 66 valence electrons. The molecule has 0 saturated carbocycles. The first kappa shape index (κ1) is 10.7. The molecule has 0 aromatic heterocycles. The molecule has 0 unspecified atom stereocenters. The first-order valence-electron chi connectivity index (χ1n) is 4.52. The molecule has 0 rings (SSSR count). The highest BCUT2D eigenvalue weighted by molar-refractivity contribution is 4.82. The summed E-state index contributed by atoms with van der Waals surface area (Å²) >= 11 is 0. The first-order valence-corrected chi connectivity index (χ1v) is 4.52. The number of hydrogen-bond acceptors (Lipinski definition) is 0. The van der Waals surface area contributed by atoms with Crippen molar-refractivity contribution < 1.29 is 4.39 Å². The van der Waals surface area contributed by atoms with Gasteiger partial charge >= 0.3 is 0 Å². The van der Waals surface area contributed by atoms with Crippen molar-refractivity contribution in [1.29, 1.82) is 0 Å². The lowest BCUT2D eigenvalue weighted by atomic mass is 10.1. The summed E-state index contributed by atoms with van der Waals surface area (Å²) in [5, 5.41) is 0. The molecular formula is C10H19F. The summed E-state index contributed by atoms with van der Waals surface area (Å²) in [4.78, 5) is 0. The van der Waals surface area contributed by atoms with Crippen LogP contribution in [0.15, 0.2) is 12.2 Å². The minimum atomic E-state index is -0.187. The maximum atomic E-state index is 11.6. The minimum Gasteiger partial charge on any atom is -0.251 e. The molecule has 0 saturated heterocycles. The van der Waals surface area contributed by atoms with Gasteiger partial charge in [0.1, 0.15) is 0 Å². The SMILES string of the molecule is CC[C@H](C)C/C=C/CCCF. The molecule has 0 bridgehead atoms. The van der Waals surface area contributed by atoms with Gasteiger partial charge in [-0.25, -0.2) is 0 Å². The molecule has 0 radical (unpaired) electrons. The van der Waals surface area contributed by atoms with Crippen LogP contribution >= 0.6 is 0 Å². The second-order valence-corrected chi connectivity index (χ2v) is 3.05. The summed E-state index contributed by atoms with van der Waals surface area (Å²) in [7, 11) is 0. The van der Waals surface area contributed by atoms with Crippen LogP contribution < -0.4 is 0 Å². The van der Waals surface area contributed by atoms with Gasteiger partial charge in [-0.05, 0) is 25.2 Å². The summed E-state index contributed by atoms with van der Waals surface area (Å²) in [6.07, 6.45) is 8.20. The van der Waals surface area contributed by atoms with Crippen LogP contribution in [0.1, 0.15) is 39.5 Å². The number of halogens is 1. The predicted molar refractivity (Wildman–Crippen MR) is 48.4 cm³/mol. The molecule has 0 aliphatic carbocycles. The number of rotatable bonds is 6. The maximum absolute atomic E-state index is 11.6. The lowest BCUT2D eigenvalue weighted by Gasteiger charge is -2.01. The monoisotopic (exact) mass is 158 g/mol. The molecule has 11 heavy (non-hydrogen) atoms. The van der Waals surface area contributed by atoms with Crippen LogP contribution in [-0.2, 0) is 0 Å². The molecule has 0 aromatic rings. The van der Waals surface area contributed by atoms with Crippen molar-refractivity contribution in [3.63, 3.8) is 0 Å². The largest absolute Gasteiger partial charge is 0.251 e. The van der Waals surface area contributed by atoms with E-state index in [1.165, 1.54) is 6.42 Å². The van der Waals surface area contributed by atoms with Crippen molar-refractivity contribution in [2.75, 3.05) is 6.67 Å². The number of alkyl halides is 1. The Labute approximate surface area is 69.5 Å². The fraction of sp³-hybridized carbons (Fsp3) is 0.800. The van der Waals surface area contributed by atoms with Crippen LogP contribution in [0.3, 0.4) is 0 Å². The molecule has 0 fully saturated rings. The minimum absolute atomic E-state index is 0.187. The lowest BCUT2D eigenvalue weighted by molar-refractivity contribution is 0.475. The maximum Gasteiger partial charge on any atom is 0.0897 e. The molecule has 0 spiro atoms. The third-order valence-corrected chi connectivity index (χ3v) is 1.91. The number of allylic oxidation sites excluding steroid dienone is 2. The molecular weight excluding hydrogens is 139 g/mol. The Bertz CT molecular complexity index is 97.0. The third kappa shape index (κ3) is 7.57. The fourth-order valence-electron chi connectivity index (χ4n) is 0.808. The standard InChI is InChI=1S/C10H19F/c1-3-10(2)8-6-4-5-7-9-11/h4,6,10H,3,5,7-9H2,1-2H3/b6-4+/t10-/m0/s1. The average Bonchev–Trinajstić information content (AvgIpc) is 2.04. The van der Waals surface area contributed by atoms with E-state index in [1.807, 2.05) is 0 Å². The molecule has 0 N–H and O–H groups in total. The van der Waals surface area contributed by atoms with Gasteiger partial charge in [0, 0.05) is 0 Å². The van der Waals surface area contributed by atoms with Crippen molar-refractivity contribution in [2.24, 2.45) is 5.92 Å². The van der Waals surface area contributed by atoms with E-state index in [2.05, 4.69) is 26.0 Å². The highest BCUT2D eigenvalue weighted by Gasteiger charge is 1.92. The van der Waals surface area contributed by atoms with Gasteiger partial charge in [0.15, 0.2) is 0 Å². The van der Waals surface area contributed by atoms with E-state index in [9.17, 15) is 4.39 Å². The molecule has 1 atom stereocenters. The van der Waals surface area contributed by atoms with Gasteiger partial charge in [-0.15, -0.1) is 0 Å². The van der Waals surface area contributed by atoms with Crippen molar-refractivity contribution in [1.82, 2.24) is 0 Å². The summed E-state index contributed by atoms with van der Waals surface area (Å²) in [5.41, 5.74) is 0. The van der Waals surface area contributed by atoms with Crippen molar-refractivity contribution in [3.05, 3.63) is 12.2 Å². The van der Waals surface area contributed by atoms with Crippen LogP contribution in [0.5, 0.6) is 0 Å². The van der Waals surface area contributed by atoms with Gasteiger partial charge < -0.3 is 0 Å². The average molecular weight is 158 g/mol. The number of unbranched alkanes of at least 4 members (excludes halogenated alkanes) is 1. The van der Waals surface area contributed by atoms with E-state index in [0.29, 0.717) is 6.42 Å². The highest BCUT2D eigenvalue weighted by Crippen LogP contribution is 2.07. The first-order chi connectivity index (χ1) is 5.31. The molecule has 0 aromatic carbocycles. The van der Waals surface area contributed by atoms with Crippen LogP contribution in [0, 0.1) is 5.92 Å². The lowest BCUT2D eigenvalue weighted by Crippen LogP contribution is -1.87. The quantitative estimate of drug-likeness (QED) is 0.408. The zero-order chi connectivity index (χ0) is 8.53. The summed E-state index contributed by atoms with van der Waals surface area (Å²) < 4.78 is 11.6. The third-order valence-electron chi connectivity index (χ3n) is 1.91. The Hall–Kier alpha value is -0.330. The Morgan fingerprint density at radius 3 is 2.64 bits per heavy atom. The molecule has 0 heterocycles. The van der Waals surface area contributed by atoms with E-state index in [0.717, 1.165) is 18.8 Å². The Morgan fingerprint density at radius 2 is 2.09 bits per heavy atom. The topological polar surface area (TPSA) is 0 Å². The van der Waals surface area contributed by atoms with Gasteiger partial charge in [0.05, 0.1) is 6.67 Å². The molecule has 0 amide bonds. The highest BCUT2D eigenvalue weighted by atomic mass is 19.1. The van der Waals surface area contributed by atoms with Gasteiger partial charge in [-0.2, -0.15) is 0 Å². The Kier molecular flexibility index (Phi) is 7.54. The Morgan fingerprint density at radius 1 is 1.36 bits per heavy atom. The summed E-state index contributed by atoms with van der Waals surface area (Å²) in [5.74, 6) is 0.775. The molecule has 0 nitrogen and oxygen atoms in total. The van der Waals surface area contributed by atoms with Crippen LogP contribution in [0.4, 0.5) is 4.39 Å². The second-order valence-electron chi connectivity index (χ2n) is 3.05. The van der Waals surface area contributed by atoms with Crippen LogP contribution in [0.25, 0.3) is 0 Å². The fourth-order valence-corrected chi connectivity index (χ4v) is 0.808. The van der Waals surface area contributed by atoms with E-state index in [4.69, 9.17) is 0 Å². The van der Waals surface area contributed by atoms with Crippen molar-refractivity contribution in [2.45, 2.75) is 39.5 Å². The van der Waals surface area contributed by atoms with E-state index < -0.39 is 0 Å². The van der Waals surface area contributed by atoms with Gasteiger partial charge in [0.25, 0.3) is 0 Å². The van der Waals surface area contributed by atoms with Gasteiger partial charge in [0.2, 0.25) is 0 Å². The predicted octanol–water partition coefficient (Wildman–Crippen LogP) is 3.73. The van der Waals surface area contributed by atoms with E-state index >= 15 is 0 Å². The smallest absolute Gasteiger partial charge is 0.0897 e. The van der Waals surface area contributed by atoms with Crippen molar-refractivity contribution >= 4 is 0 Å². The summed E-state index contributed by atoms with van der Waals surface area (Å²) in [6, 6.07) is 0. The number of hydrogen-bond donors (Lipinski definition) is 0.